The summed E-state index contributed by atoms with van der Waals surface area (Å²) < 4.78 is 5.52. The number of carbonyl (C=O) groups is 1. The van der Waals surface area contributed by atoms with Crippen LogP contribution in [0.5, 0.6) is 11.5 Å². The second-order valence-electron chi connectivity index (χ2n) is 4.91. The maximum absolute atomic E-state index is 11.4. The Bertz CT molecular complexity index is 576. The van der Waals surface area contributed by atoms with Crippen LogP contribution in [0.15, 0.2) is 48.5 Å². The second kappa shape index (κ2) is 6.24. The van der Waals surface area contributed by atoms with Crippen molar-refractivity contribution in [1.29, 1.82) is 0 Å². The first-order valence-corrected chi connectivity index (χ1v) is 6.61. The highest BCUT2D eigenvalue weighted by atomic mass is 16.5. The lowest BCUT2D eigenvalue weighted by Gasteiger charge is -2.15. The van der Waals surface area contributed by atoms with Crippen LogP contribution in [0.2, 0.25) is 0 Å². The summed E-state index contributed by atoms with van der Waals surface area (Å²) in [5.74, 6) is 0.201. The predicted molar refractivity (Wildman–Crippen MR) is 78.2 cm³/mol. The Hall–Kier alpha value is -2.29. The molecule has 1 unspecified atom stereocenters. The molecule has 20 heavy (non-hydrogen) atoms. The van der Waals surface area contributed by atoms with Gasteiger partial charge in [0.1, 0.15) is 17.8 Å². The first-order chi connectivity index (χ1) is 9.61. The number of hydrogen-bond acceptors (Lipinski definition) is 3. The molecule has 0 aromatic heterocycles. The topological polar surface area (TPSA) is 46.5 Å². The molecule has 0 spiro atoms. The van der Waals surface area contributed by atoms with E-state index >= 15 is 0 Å². The zero-order chi connectivity index (χ0) is 14.5. The molecular formula is C17H18O3. The number of ether oxygens (including phenoxy) is 1. The molecule has 0 fully saturated rings. The number of benzene rings is 2. The molecule has 3 heteroatoms. The van der Waals surface area contributed by atoms with Gasteiger partial charge in [0.2, 0.25) is 0 Å². The van der Waals surface area contributed by atoms with Gasteiger partial charge in [-0.25, -0.2) is 0 Å². The molecule has 2 aromatic carbocycles. The van der Waals surface area contributed by atoms with E-state index in [0.29, 0.717) is 11.3 Å². The third-order valence-electron chi connectivity index (χ3n) is 3.00. The van der Waals surface area contributed by atoms with E-state index in [-0.39, 0.29) is 11.9 Å². The fourth-order valence-corrected chi connectivity index (χ4v) is 2.12. The molecule has 1 atom stereocenters. The number of hydrogen-bond donors (Lipinski definition) is 1. The standard InChI is InChI=1S/C17H18O3/c1-12(2)20-14-8-9-15(17(19)10-14)16(11-18)13-6-4-3-5-7-13/h3-12,16,19H,1-2H3. The summed E-state index contributed by atoms with van der Waals surface area (Å²) in [4.78, 5) is 11.4. The molecule has 0 amide bonds. The van der Waals surface area contributed by atoms with Crippen LogP contribution in [0.25, 0.3) is 0 Å². The molecule has 0 heterocycles. The second-order valence-corrected chi connectivity index (χ2v) is 4.91. The Balaban J connectivity index is 2.34. The molecule has 0 aliphatic carbocycles. The maximum Gasteiger partial charge on any atom is 0.131 e. The lowest BCUT2D eigenvalue weighted by molar-refractivity contribution is -0.108. The number of carbonyl (C=O) groups excluding carboxylic acids is 1. The Labute approximate surface area is 118 Å². The Morgan fingerprint density at radius 1 is 1.10 bits per heavy atom. The summed E-state index contributed by atoms with van der Waals surface area (Å²) in [6.07, 6.45) is 0.879. The molecule has 1 N–H and O–H groups in total. The molecule has 2 aromatic rings. The zero-order valence-corrected chi connectivity index (χ0v) is 11.6. The predicted octanol–water partition coefficient (Wildman–Crippen LogP) is 3.51. The minimum Gasteiger partial charge on any atom is -0.507 e. The van der Waals surface area contributed by atoms with Crippen LogP contribution < -0.4 is 4.74 Å². The maximum atomic E-state index is 11.4. The van der Waals surface area contributed by atoms with Gasteiger partial charge in [-0.2, -0.15) is 0 Å². The summed E-state index contributed by atoms with van der Waals surface area (Å²) >= 11 is 0. The fourth-order valence-electron chi connectivity index (χ4n) is 2.12. The SMILES string of the molecule is CC(C)Oc1ccc(C(C=O)c2ccccc2)c(O)c1. The molecule has 0 bridgehead atoms. The minimum absolute atomic E-state index is 0.0382. The highest BCUT2D eigenvalue weighted by Crippen LogP contribution is 2.32. The van der Waals surface area contributed by atoms with E-state index in [2.05, 4.69) is 0 Å². The Morgan fingerprint density at radius 2 is 1.80 bits per heavy atom. The fraction of sp³-hybridized carbons (Fsp3) is 0.235. The third-order valence-corrected chi connectivity index (χ3v) is 3.00. The lowest BCUT2D eigenvalue weighted by Crippen LogP contribution is -2.06. The van der Waals surface area contributed by atoms with Gasteiger partial charge >= 0.3 is 0 Å². The summed E-state index contributed by atoms with van der Waals surface area (Å²) in [5.41, 5.74) is 1.44. The van der Waals surface area contributed by atoms with Gasteiger partial charge in [0.25, 0.3) is 0 Å². The summed E-state index contributed by atoms with van der Waals surface area (Å²) in [6.45, 7) is 3.84. The summed E-state index contributed by atoms with van der Waals surface area (Å²) in [6, 6.07) is 14.4. The van der Waals surface area contributed by atoms with Gasteiger partial charge in [-0.05, 0) is 25.5 Å². The van der Waals surface area contributed by atoms with Crippen molar-refractivity contribution in [3.63, 3.8) is 0 Å². The first kappa shape index (κ1) is 14.1. The van der Waals surface area contributed by atoms with Crippen LogP contribution in [0.1, 0.15) is 30.9 Å². The molecular weight excluding hydrogens is 252 g/mol. The van der Waals surface area contributed by atoms with Gasteiger partial charge < -0.3 is 14.6 Å². The normalized spacial score (nSPS) is 12.2. The van der Waals surface area contributed by atoms with Crippen LogP contribution in [-0.4, -0.2) is 17.5 Å². The van der Waals surface area contributed by atoms with Gasteiger partial charge in [-0.1, -0.05) is 36.4 Å². The molecule has 0 aliphatic rings. The van der Waals surface area contributed by atoms with E-state index < -0.39 is 5.92 Å². The van der Waals surface area contributed by atoms with E-state index in [4.69, 9.17) is 4.74 Å². The molecule has 2 rings (SSSR count). The van der Waals surface area contributed by atoms with Crippen molar-refractivity contribution in [2.24, 2.45) is 0 Å². The number of rotatable bonds is 5. The van der Waals surface area contributed by atoms with Crippen LogP contribution in [-0.2, 0) is 4.79 Å². The van der Waals surface area contributed by atoms with E-state index in [1.807, 2.05) is 44.2 Å². The average molecular weight is 270 g/mol. The van der Waals surface area contributed by atoms with Crippen LogP contribution in [0, 0.1) is 0 Å². The highest BCUT2D eigenvalue weighted by molar-refractivity contribution is 5.70. The number of phenols is 1. The minimum atomic E-state index is -0.468. The van der Waals surface area contributed by atoms with Crippen LogP contribution >= 0.6 is 0 Å². The molecule has 0 saturated carbocycles. The number of aromatic hydroxyl groups is 1. The average Bonchev–Trinajstić information content (AvgIpc) is 2.42. The van der Waals surface area contributed by atoms with Crippen molar-refractivity contribution in [3.05, 3.63) is 59.7 Å². The lowest BCUT2D eigenvalue weighted by atomic mass is 9.92. The van der Waals surface area contributed by atoms with Crippen LogP contribution in [0.3, 0.4) is 0 Å². The van der Waals surface area contributed by atoms with Crippen molar-refractivity contribution in [3.8, 4) is 11.5 Å². The van der Waals surface area contributed by atoms with Crippen LogP contribution in [0.4, 0.5) is 0 Å². The van der Waals surface area contributed by atoms with E-state index in [9.17, 15) is 9.90 Å². The van der Waals surface area contributed by atoms with Gasteiger partial charge in [-0.3, -0.25) is 0 Å². The van der Waals surface area contributed by atoms with Gasteiger partial charge in [0.05, 0.1) is 12.0 Å². The van der Waals surface area contributed by atoms with Gasteiger partial charge in [0.15, 0.2) is 0 Å². The highest BCUT2D eigenvalue weighted by Gasteiger charge is 2.17. The van der Waals surface area contributed by atoms with E-state index in [1.165, 1.54) is 0 Å². The van der Waals surface area contributed by atoms with Crippen molar-refractivity contribution in [2.75, 3.05) is 0 Å². The smallest absolute Gasteiger partial charge is 0.131 e. The number of phenolic OH excluding ortho intramolecular Hbond substituents is 1. The van der Waals surface area contributed by atoms with Crippen molar-refractivity contribution < 1.29 is 14.6 Å². The summed E-state index contributed by atoms with van der Waals surface area (Å²) in [5, 5.41) is 10.1. The molecule has 0 saturated heterocycles. The van der Waals surface area contributed by atoms with Gasteiger partial charge in [-0.15, -0.1) is 0 Å². The van der Waals surface area contributed by atoms with Crippen molar-refractivity contribution in [1.82, 2.24) is 0 Å². The first-order valence-electron chi connectivity index (χ1n) is 6.61. The van der Waals surface area contributed by atoms with Crippen molar-refractivity contribution >= 4 is 6.29 Å². The van der Waals surface area contributed by atoms with E-state index in [0.717, 1.165) is 11.8 Å². The molecule has 0 radical (unpaired) electrons. The van der Waals surface area contributed by atoms with Gasteiger partial charge in [0, 0.05) is 11.6 Å². The zero-order valence-electron chi connectivity index (χ0n) is 11.6. The third kappa shape index (κ3) is 3.18. The molecule has 104 valence electrons. The monoisotopic (exact) mass is 270 g/mol. The Morgan fingerprint density at radius 3 is 2.35 bits per heavy atom. The summed E-state index contributed by atoms with van der Waals surface area (Å²) in [7, 11) is 0. The van der Waals surface area contributed by atoms with E-state index in [1.54, 1.807) is 18.2 Å². The number of aldehydes is 1. The molecule has 0 aliphatic heterocycles. The molecule has 3 nitrogen and oxygen atoms in total. The largest absolute Gasteiger partial charge is 0.507 e. The quantitative estimate of drug-likeness (QED) is 0.846. The Kier molecular flexibility index (Phi) is 4.41. The van der Waals surface area contributed by atoms with Crippen molar-refractivity contribution in [2.45, 2.75) is 25.9 Å².